The molecule has 4 heteroatoms. The van der Waals surface area contributed by atoms with E-state index in [4.69, 9.17) is 11.6 Å². The summed E-state index contributed by atoms with van der Waals surface area (Å²) in [7, 11) is 0. The fraction of sp³-hybridized carbons (Fsp3) is 0.143. The second kappa shape index (κ2) is 5.72. The molecule has 0 aliphatic rings. The predicted molar refractivity (Wildman–Crippen MR) is 77.6 cm³/mol. The fourth-order valence-electron chi connectivity index (χ4n) is 1.58. The Hall–Kier alpha value is -1.06. The number of hydrogen-bond donors (Lipinski definition) is 1. The Morgan fingerprint density at radius 2 is 2.00 bits per heavy atom. The van der Waals surface area contributed by atoms with Crippen molar-refractivity contribution in [2.75, 3.05) is 5.32 Å². The average molecular weight is 329 g/mol. The molecule has 1 nitrogen and oxygen atoms in total. The number of aryl methyl sites for hydroxylation is 1. The minimum absolute atomic E-state index is 0.239. The van der Waals surface area contributed by atoms with E-state index in [1.54, 1.807) is 6.07 Å². The molecule has 0 aromatic heterocycles. The first-order valence-electron chi connectivity index (χ1n) is 5.50. The monoisotopic (exact) mass is 327 g/mol. The summed E-state index contributed by atoms with van der Waals surface area (Å²) >= 11 is 9.44. The number of nitrogens with one attached hydrogen (secondary N) is 1. The van der Waals surface area contributed by atoms with Crippen LogP contribution in [0.4, 0.5) is 10.1 Å². The van der Waals surface area contributed by atoms with E-state index < -0.39 is 0 Å². The van der Waals surface area contributed by atoms with E-state index in [-0.39, 0.29) is 5.82 Å². The van der Waals surface area contributed by atoms with Gasteiger partial charge in [0.25, 0.3) is 0 Å². The fourth-order valence-corrected chi connectivity index (χ4v) is 2.15. The summed E-state index contributed by atoms with van der Waals surface area (Å²) in [5.74, 6) is -0.239. The highest BCUT2D eigenvalue weighted by atomic mass is 79.9. The van der Waals surface area contributed by atoms with E-state index >= 15 is 0 Å². The molecule has 0 heterocycles. The second-order valence-corrected chi connectivity index (χ2v) is 5.31. The molecule has 2 rings (SSSR count). The lowest BCUT2D eigenvalue weighted by Crippen LogP contribution is -2.00. The van der Waals surface area contributed by atoms with Crippen LogP contribution in [0.2, 0.25) is 5.02 Å². The first-order valence-corrected chi connectivity index (χ1v) is 6.67. The Balaban J connectivity index is 2.11. The Morgan fingerprint density at radius 1 is 1.22 bits per heavy atom. The number of rotatable bonds is 3. The predicted octanol–water partition coefficient (Wildman–Crippen LogP) is 5.16. The molecule has 2 aromatic carbocycles. The van der Waals surface area contributed by atoms with Gasteiger partial charge in [-0.05, 0) is 48.4 Å². The first-order chi connectivity index (χ1) is 8.56. The minimum Gasteiger partial charge on any atom is -0.381 e. The zero-order valence-electron chi connectivity index (χ0n) is 9.81. The second-order valence-electron chi connectivity index (χ2n) is 4.05. The van der Waals surface area contributed by atoms with Crippen molar-refractivity contribution in [3.63, 3.8) is 0 Å². The van der Waals surface area contributed by atoms with Gasteiger partial charge in [-0.15, -0.1) is 0 Å². The average Bonchev–Trinajstić information content (AvgIpc) is 2.34. The molecule has 2 aromatic rings. The maximum atomic E-state index is 13.1. The zero-order chi connectivity index (χ0) is 13.1. The molecule has 0 fully saturated rings. The van der Waals surface area contributed by atoms with Crippen LogP contribution in [0.1, 0.15) is 11.1 Å². The molecule has 0 radical (unpaired) electrons. The molecule has 0 unspecified atom stereocenters. The van der Waals surface area contributed by atoms with Gasteiger partial charge in [0.1, 0.15) is 5.82 Å². The molecule has 0 spiro atoms. The van der Waals surface area contributed by atoms with Gasteiger partial charge < -0.3 is 5.32 Å². The van der Waals surface area contributed by atoms with Crippen LogP contribution in [-0.2, 0) is 6.54 Å². The van der Waals surface area contributed by atoms with Crippen molar-refractivity contribution in [2.45, 2.75) is 13.5 Å². The summed E-state index contributed by atoms with van der Waals surface area (Å²) in [5.41, 5.74) is 2.82. The van der Waals surface area contributed by atoms with Crippen molar-refractivity contribution in [1.82, 2.24) is 0 Å². The molecular formula is C14H12BrClFN. The van der Waals surface area contributed by atoms with Gasteiger partial charge in [0.2, 0.25) is 0 Å². The lowest BCUT2D eigenvalue weighted by Gasteiger charge is -2.09. The highest BCUT2D eigenvalue weighted by Crippen LogP contribution is 2.22. The molecule has 0 saturated heterocycles. The summed E-state index contributed by atoms with van der Waals surface area (Å²) in [5, 5.41) is 3.94. The highest BCUT2D eigenvalue weighted by molar-refractivity contribution is 9.10. The minimum atomic E-state index is -0.239. The summed E-state index contributed by atoms with van der Waals surface area (Å²) in [6.07, 6.45) is 0. The van der Waals surface area contributed by atoms with Crippen molar-refractivity contribution in [3.8, 4) is 0 Å². The largest absolute Gasteiger partial charge is 0.381 e. The molecule has 18 heavy (non-hydrogen) atoms. The SMILES string of the molecule is Cc1ccc(NCc2cc(F)ccc2Br)cc1Cl. The molecule has 0 saturated carbocycles. The van der Waals surface area contributed by atoms with E-state index in [9.17, 15) is 4.39 Å². The number of hydrogen-bond acceptors (Lipinski definition) is 1. The first kappa shape index (κ1) is 13.4. The van der Waals surface area contributed by atoms with E-state index in [2.05, 4.69) is 21.2 Å². The van der Waals surface area contributed by atoms with Crippen LogP contribution in [0.25, 0.3) is 0 Å². The van der Waals surface area contributed by atoms with Crippen LogP contribution in [-0.4, -0.2) is 0 Å². The van der Waals surface area contributed by atoms with Crippen molar-refractivity contribution in [3.05, 3.63) is 62.8 Å². The van der Waals surface area contributed by atoms with Gasteiger partial charge in [0.15, 0.2) is 0 Å². The van der Waals surface area contributed by atoms with Crippen LogP contribution < -0.4 is 5.32 Å². The van der Waals surface area contributed by atoms with E-state index in [1.807, 2.05) is 25.1 Å². The quantitative estimate of drug-likeness (QED) is 0.820. The molecule has 0 aliphatic carbocycles. The summed E-state index contributed by atoms with van der Waals surface area (Å²) < 4.78 is 14.0. The lowest BCUT2D eigenvalue weighted by molar-refractivity contribution is 0.625. The van der Waals surface area contributed by atoms with Crippen LogP contribution in [0.15, 0.2) is 40.9 Å². The van der Waals surface area contributed by atoms with Gasteiger partial charge in [-0.3, -0.25) is 0 Å². The molecule has 0 bridgehead atoms. The third-order valence-electron chi connectivity index (χ3n) is 2.66. The van der Waals surface area contributed by atoms with E-state index in [0.717, 1.165) is 26.3 Å². The smallest absolute Gasteiger partial charge is 0.123 e. The van der Waals surface area contributed by atoms with Crippen molar-refractivity contribution in [2.24, 2.45) is 0 Å². The Morgan fingerprint density at radius 3 is 2.72 bits per heavy atom. The Labute approximate surface area is 119 Å². The van der Waals surface area contributed by atoms with Gasteiger partial charge in [0.05, 0.1) is 0 Å². The molecular weight excluding hydrogens is 317 g/mol. The van der Waals surface area contributed by atoms with Crippen LogP contribution in [0.5, 0.6) is 0 Å². The molecule has 0 aliphatic heterocycles. The van der Waals surface area contributed by atoms with Gasteiger partial charge in [-0.1, -0.05) is 33.6 Å². The lowest BCUT2D eigenvalue weighted by atomic mass is 10.2. The summed E-state index contributed by atoms with van der Waals surface area (Å²) in [6.45, 7) is 2.49. The summed E-state index contributed by atoms with van der Waals surface area (Å²) in [6, 6.07) is 10.4. The van der Waals surface area contributed by atoms with Crippen molar-refractivity contribution in [1.29, 1.82) is 0 Å². The number of anilines is 1. The van der Waals surface area contributed by atoms with Gasteiger partial charge in [0, 0.05) is 21.7 Å². The van der Waals surface area contributed by atoms with Crippen LogP contribution in [0, 0.1) is 12.7 Å². The van der Waals surface area contributed by atoms with E-state index in [0.29, 0.717) is 6.54 Å². The zero-order valence-corrected chi connectivity index (χ0v) is 12.1. The maximum absolute atomic E-state index is 13.1. The Kier molecular flexibility index (Phi) is 4.25. The molecule has 1 N–H and O–H groups in total. The number of halogens is 3. The molecule has 94 valence electrons. The van der Waals surface area contributed by atoms with Crippen molar-refractivity contribution < 1.29 is 4.39 Å². The van der Waals surface area contributed by atoms with Crippen molar-refractivity contribution >= 4 is 33.2 Å². The Bertz CT molecular complexity index is 572. The maximum Gasteiger partial charge on any atom is 0.123 e. The number of benzene rings is 2. The van der Waals surface area contributed by atoms with Crippen LogP contribution >= 0.6 is 27.5 Å². The van der Waals surface area contributed by atoms with Gasteiger partial charge in [-0.25, -0.2) is 4.39 Å². The topological polar surface area (TPSA) is 12.0 Å². The van der Waals surface area contributed by atoms with Crippen LogP contribution in [0.3, 0.4) is 0 Å². The van der Waals surface area contributed by atoms with Gasteiger partial charge >= 0.3 is 0 Å². The van der Waals surface area contributed by atoms with Gasteiger partial charge in [-0.2, -0.15) is 0 Å². The molecule has 0 amide bonds. The standard InChI is InChI=1S/C14H12BrClFN/c1-9-2-4-12(7-14(9)16)18-8-10-6-11(17)3-5-13(10)15/h2-7,18H,8H2,1H3. The third-order valence-corrected chi connectivity index (χ3v) is 3.84. The summed E-state index contributed by atoms with van der Waals surface area (Å²) in [4.78, 5) is 0. The molecule has 0 atom stereocenters. The normalized spacial score (nSPS) is 10.4. The third kappa shape index (κ3) is 3.24. The highest BCUT2D eigenvalue weighted by Gasteiger charge is 2.03. The van der Waals surface area contributed by atoms with E-state index in [1.165, 1.54) is 12.1 Å².